The third kappa shape index (κ3) is 3.84. The van der Waals surface area contributed by atoms with E-state index >= 15 is 0 Å². The molecule has 2 aromatic heterocycles. The van der Waals surface area contributed by atoms with Gasteiger partial charge in [0, 0.05) is 36.9 Å². The van der Waals surface area contributed by atoms with E-state index < -0.39 is 0 Å². The largest absolute Gasteiger partial charge is 0.312 e. The first-order valence-electron chi connectivity index (χ1n) is 7.90. The Hall–Kier alpha value is -2.47. The first-order valence-corrected chi connectivity index (χ1v) is 7.90. The van der Waals surface area contributed by atoms with Gasteiger partial charge in [0.05, 0.1) is 18.1 Å². The number of hydrogen-bond acceptors (Lipinski definition) is 4. The van der Waals surface area contributed by atoms with Crippen molar-refractivity contribution in [2.75, 3.05) is 6.54 Å². The van der Waals surface area contributed by atoms with Gasteiger partial charge in [0.25, 0.3) is 5.56 Å². The lowest BCUT2D eigenvalue weighted by molar-refractivity contribution is 0.436. The van der Waals surface area contributed by atoms with Crippen LogP contribution in [0.25, 0.3) is 10.8 Å². The third-order valence-corrected chi connectivity index (χ3v) is 3.93. The van der Waals surface area contributed by atoms with Gasteiger partial charge >= 0.3 is 0 Å². The van der Waals surface area contributed by atoms with E-state index in [-0.39, 0.29) is 5.56 Å². The molecule has 0 aliphatic heterocycles. The van der Waals surface area contributed by atoms with Crippen LogP contribution >= 0.6 is 0 Å². The van der Waals surface area contributed by atoms with E-state index in [1.807, 2.05) is 41.2 Å². The summed E-state index contributed by atoms with van der Waals surface area (Å²) in [6.07, 6.45) is 6.49. The van der Waals surface area contributed by atoms with Crippen LogP contribution in [0.2, 0.25) is 0 Å². The van der Waals surface area contributed by atoms with Crippen LogP contribution in [-0.2, 0) is 13.1 Å². The highest BCUT2D eigenvalue weighted by Gasteiger charge is 2.05. The number of nitrogens with zero attached hydrogens (tertiary/aromatic N) is 4. The zero-order valence-electron chi connectivity index (χ0n) is 13.2. The Morgan fingerprint density at radius 1 is 1.17 bits per heavy atom. The zero-order chi connectivity index (χ0) is 16.1. The quantitative estimate of drug-likeness (QED) is 0.721. The van der Waals surface area contributed by atoms with Crippen molar-refractivity contribution in [3.05, 3.63) is 59.3 Å². The maximum absolute atomic E-state index is 12.3. The van der Waals surface area contributed by atoms with Gasteiger partial charge in [-0.3, -0.25) is 9.48 Å². The number of aromatic nitrogens is 4. The van der Waals surface area contributed by atoms with Gasteiger partial charge in [-0.15, -0.1) is 0 Å². The van der Waals surface area contributed by atoms with Crippen molar-refractivity contribution < 1.29 is 0 Å². The van der Waals surface area contributed by atoms with Gasteiger partial charge < -0.3 is 5.32 Å². The predicted octanol–water partition coefficient (Wildman–Crippen LogP) is 1.66. The molecule has 1 N–H and O–H groups in total. The van der Waals surface area contributed by atoms with Gasteiger partial charge in [0.15, 0.2) is 0 Å². The Morgan fingerprint density at radius 3 is 2.87 bits per heavy atom. The topological polar surface area (TPSA) is 64.7 Å². The summed E-state index contributed by atoms with van der Waals surface area (Å²) in [6.45, 7) is 4.30. The second-order valence-electron chi connectivity index (χ2n) is 5.67. The predicted molar refractivity (Wildman–Crippen MR) is 90.3 cm³/mol. The molecule has 3 rings (SSSR count). The molecule has 3 aromatic rings. The van der Waals surface area contributed by atoms with Crippen molar-refractivity contribution in [1.29, 1.82) is 0 Å². The molecule has 23 heavy (non-hydrogen) atoms. The Morgan fingerprint density at radius 2 is 2.04 bits per heavy atom. The lowest BCUT2D eigenvalue weighted by Crippen LogP contribution is -2.33. The number of nitrogens with one attached hydrogen (secondary N) is 1. The van der Waals surface area contributed by atoms with Crippen molar-refractivity contribution in [2.24, 2.45) is 0 Å². The van der Waals surface area contributed by atoms with Crippen LogP contribution in [-0.4, -0.2) is 32.1 Å². The summed E-state index contributed by atoms with van der Waals surface area (Å²) < 4.78 is 3.45. The summed E-state index contributed by atoms with van der Waals surface area (Å²) in [6, 6.07) is 9.82. The highest BCUT2D eigenvalue weighted by atomic mass is 16.1. The van der Waals surface area contributed by atoms with Gasteiger partial charge in [-0.1, -0.05) is 18.2 Å². The van der Waals surface area contributed by atoms with E-state index in [0.717, 1.165) is 18.4 Å². The van der Waals surface area contributed by atoms with Crippen molar-refractivity contribution in [1.82, 2.24) is 24.9 Å². The third-order valence-electron chi connectivity index (χ3n) is 3.93. The molecule has 6 heteroatoms. The number of rotatable bonds is 7. The fourth-order valence-electron chi connectivity index (χ4n) is 2.56. The maximum atomic E-state index is 12.3. The van der Waals surface area contributed by atoms with E-state index in [1.54, 1.807) is 12.4 Å². The summed E-state index contributed by atoms with van der Waals surface area (Å²) in [5.41, 5.74) is -0.0332. The molecule has 0 unspecified atom stereocenters. The Balaban J connectivity index is 1.52. The number of aryl methyl sites for hydroxylation is 1. The van der Waals surface area contributed by atoms with Crippen LogP contribution in [0.5, 0.6) is 0 Å². The molecular weight excluding hydrogens is 290 g/mol. The van der Waals surface area contributed by atoms with Gasteiger partial charge in [0.2, 0.25) is 0 Å². The van der Waals surface area contributed by atoms with Crippen molar-refractivity contribution in [3.8, 4) is 0 Å². The van der Waals surface area contributed by atoms with Gasteiger partial charge in [0.1, 0.15) is 0 Å². The number of hydrogen-bond donors (Lipinski definition) is 1. The molecular formula is C17H21N5O. The minimum absolute atomic E-state index is 0.0332. The zero-order valence-corrected chi connectivity index (χ0v) is 13.2. The molecule has 0 aliphatic carbocycles. The first kappa shape index (κ1) is 15.4. The second kappa shape index (κ2) is 7.19. The maximum Gasteiger partial charge on any atom is 0.274 e. The average molecular weight is 311 g/mol. The molecule has 0 aliphatic rings. The molecule has 120 valence electrons. The minimum Gasteiger partial charge on any atom is -0.312 e. The first-order chi connectivity index (χ1) is 11.2. The molecule has 1 aromatic carbocycles. The lowest BCUT2D eigenvalue weighted by Gasteiger charge is -2.14. The summed E-state index contributed by atoms with van der Waals surface area (Å²) in [5, 5.41) is 13.5. The van der Waals surface area contributed by atoms with Crippen LogP contribution in [0, 0.1) is 0 Å². The highest BCUT2D eigenvalue weighted by Crippen LogP contribution is 2.06. The van der Waals surface area contributed by atoms with Crippen LogP contribution in [0.4, 0.5) is 0 Å². The summed E-state index contributed by atoms with van der Waals surface area (Å²) in [7, 11) is 0. The second-order valence-corrected chi connectivity index (χ2v) is 5.67. The van der Waals surface area contributed by atoms with Crippen LogP contribution in [0.15, 0.2) is 53.7 Å². The fraction of sp³-hybridized carbons (Fsp3) is 0.353. The molecule has 0 bridgehead atoms. The molecule has 2 heterocycles. The van der Waals surface area contributed by atoms with E-state index in [9.17, 15) is 4.79 Å². The van der Waals surface area contributed by atoms with Crippen LogP contribution in [0.1, 0.15) is 13.3 Å². The van der Waals surface area contributed by atoms with Crippen molar-refractivity contribution in [3.63, 3.8) is 0 Å². The van der Waals surface area contributed by atoms with Crippen molar-refractivity contribution in [2.45, 2.75) is 32.5 Å². The number of fused-ring (bicyclic) bond motifs is 1. The smallest absolute Gasteiger partial charge is 0.274 e. The summed E-state index contributed by atoms with van der Waals surface area (Å²) >= 11 is 0. The monoisotopic (exact) mass is 311 g/mol. The van der Waals surface area contributed by atoms with Gasteiger partial charge in [-0.2, -0.15) is 10.2 Å². The van der Waals surface area contributed by atoms with E-state index in [4.69, 9.17) is 0 Å². The summed E-state index contributed by atoms with van der Waals surface area (Å²) in [4.78, 5) is 12.3. The lowest BCUT2D eigenvalue weighted by atomic mass is 10.2. The minimum atomic E-state index is -0.0332. The average Bonchev–Trinajstić information content (AvgIpc) is 3.09. The fourth-order valence-corrected chi connectivity index (χ4v) is 2.56. The highest BCUT2D eigenvalue weighted by molar-refractivity contribution is 5.80. The SMILES string of the molecule is C[C@@H](CCn1cccn1)NCCn1ncc2ccccc2c1=O. The van der Waals surface area contributed by atoms with E-state index in [1.165, 1.54) is 4.68 Å². The van der Waals surface area contributed by atoms with E-state index in [2.05, 4.69) is 22.4 Å². The summed E-state index contributed by atoms with van der Waals surface area (Å²) in [5.74, 6) is 0. The molecule has 0 fully saturated rings. The molecule has 1 atom stereocenters. The van der Waals surface area contributed by atoms with E-state index in [0.29, 0.717) is 24.5 Å². The molecule has 0 amide bonds. The Kier molecular flexibility index (Phi) is 4.83. The van der Waals surface area contributed by atoms with Crippen molar-refractivity contribution >= 4 is 10.8 Å². The van der Waals surface area contributed by atoms with Crippen LogP contribution in [0.3, 0.4) is 0 Å². The van der Waals surface area contributed by atoms with Crippen LogP contribution < -0.4 is 10.9 Å². The molecule has 6 nitrogen and oxygen atoms in total. The molecule has 0 saturated heterocycles. The molecule has 0 radical (unpaired) electrons. The normalized spacial score (nSPS) is 12.6. The Labute approximate surface area is 134 Å². The van der Waals surface area contributed by atoms with Gasteiger partial charge in [-0.05, 0) is 25.5 Å². The Bertz CT molecular complexity index is 809. The number of benzene rings is 1. The molecule has 0 saturated carbocycles. The standard InChI is InChI=1S/C17H21N5O/c1-14(7-11-21-10-4-8-19-21)18-9-12-22-17(23)16-6-3-2-5-15(16)13-20-22/h2-6,8,10,13-14,18H,7,9,11-12H2,1H3/t14-/m0/s1. The van der Waals surface area contributed by atoms with Gasteiger partial charge in [-0.25, -0.2) is 4.68 Å². The molecule has 0 spiro atoms.